The molecule has 1 aliphatic rings. The number of hydrogen-bond donors (Lipinski definition) is 4. The fraction of sp³-hybridized carbons (Fsp3) is 0.500. The van der Waals surface area contributed by atoms with Crippen LogP contribution >= 0.6 is 11.6 Å². The highest BCUT2D eigenvalue weighted by Crippen LogP contribution is 2.31. The van der Waals surface area contributed by atoms with Gasteiger partial charge < -0.3 is 25.4 Å². The highest BCUT2D eigenvalue weighted by atomic mass is 35.5. The molecule has 1 saturated heterocycles. The number of aliphatic hydroxyl groups is 3. The van der Waals surface area contributed by atoms with Gasteiger partial charge in [-0.05, 0) is 6.92 Å². The third-order valence-corrected chi connectivity index (χ3v) is 3.96. The van der Waals surface area contributed by atoms with Gasteiger partial charge >= 0.3 is 0 Å². The topological polar surface area (TPSA) is 126 Å². The molecule has 1 aliphatic heterocycles. The number of fused-ring (bicyclic) bond motifs is 1. The van der Waals surface area contributed by atoms with Crippen molar-refractivity contribution >= 4 is 28.6 Å². The van der Waals surface area contributed by atoms with Crippen molar-refractivity contribution in [1.29, 1.82) is 0 Å². The average Bonchev–Trinajstić information content (AvgIpc) is 3.10. The molecule has 0 bridgehead atoms. The van der Waals surface area contributed by atoms with E-state index in [4.69, 9.17) is 16.3 Å². The first kappa shape index (κ1) is 17.1. The summed E-state index contributed by atoms with van der Waals surface area (Å²) in [5.41, 5.74) is 0.935. The molecule has 1 fully saturated rings. The van der Waals surface area contributed by atoms with Gasteiger partial charge in [-0.1, -0.05) is 17.7 Å². The molecule has 0 aliphatic carbocycles. The Labute approximate surface area is 142 Å². The summed E-state index contributed by atoms with van der Waals surface area (Å²) in [6.07, 6.45) is 0.461. The van der Waals surface area contributed by atoms with Crippen LogP contribution in [0.3, 0.4) is 0 Å². The summed E-state index contributed by atoms with van der Waals surface area (Å²) in [4.78, 5) is 12.6. The lowest BCUT2D eigenvalue weighted by molar-refractivity contribution is -0.0511. The summed E-state index contributed by atoms with van der Waals surface area (Å²) in [6, 6.07) is 0. The number of halogens is 1. The predicted octanol–water partition coefficient (Wildman–Crippen LogP) is -0.00770. The zero-order valence-electron chi connectivity index (χ0n) is 12.9. The van der Waals surface area contributed by atoms with E-state index >= 15 is 0 Å². The second-order valence-corrected chi connectivity index (χ2v) is 6.04. The molecule has 130 valence electrons. The average molecular weight is 356 g/mol. The lowest BCUT2D eigenvalue weighted by atomic mass is 10.1. The van der Waals surface area contributed by atoms with Crippen molar-refractivity contribution in [2.24, 2.45) is 0 Å². The second kappa shape index (κ2) is 6.99. The Morgan fingerprint density at radius 1 is 1.38 bits per heavy atom. The van der Waals surface area contributed by atoms with Crippen molar-refractivity contribution in [3.05, 3.63) is 23.8 Å². The first-order valence-electron chi connectivity index (χ1n) is 7.39. The summed E-state index contributed by atoms with van der Waals surface area (Å²) in [5.74, 6) is 0.514. The van der Waals surface area contributed by atoms with Crippen LogP contribution in [-0.2, 0) is 4.74 Å². The van der Waals surface area contributed by atoms with Crippen LogP contribution in [0.15, 0.2) is 23.8 Å². The van der Waals surface area contributed by atoms with Gasteiger partial charge in [-0.15, -0.1) is 0 Å². The maximum Gasteiger partial charge on any atom is 0.167 e. The van der Waals surface area contributed by atoms with Crippen LogP contribution < -0.4 is 5.32 Å². The Morgan fingerprint density at radius 2 is 2.17 bits per heavy atom. The van der Waals surface area contributed by atoms with Crippen molar-refractivity contribution in [2.75, 3.05) is 18.5 Å². The van der Waals surface area contributed by atoms with Crippen LogP contribution in [0.1, 0.15) is 13.2 Å². The van der Waals surface area contributed by atoms with E-state index in [-0.39, 0.29) is 0 Å². The quantitative estimate of drug-likeness (QED) is 0.590. The van der Waals surface area contributed by atoms with Crippen LogP contribution in [0.4, 0.5) is 5.82 Å². The molecule has 2 aromatic heterocycles. The fourth-order valence-corrected chi connectivity index (χ4v) is 2.64. The van der Waals surface area contributed by atoms with E-state index in [9.17, 15) is 15.3 Å². The van der Waals surface area contributed by atoms with Gasteiger partial charge in [-0.25, -0.2) is 15.0 Å². The SMILES string of the molecule is C/C(Cl)=C\CNc1ncnc2c1ncn2[C@@H]1O[C@@H](CO)[C@@H](O)[C@H]1O. The molecule has 3 heterocycles. The van der Waals surface area contributed by atoms with E-state index in [2.05, 4.69) is 20.3 Å². The van der Waals surface area contributed by atoms with Gasteiger partial charge in [-0.3, -0.25) is 4.57 Å². The fourth-order valence-electron chi connectivity index (χ4n) is 2.57. The van der Waals surface area contributed by atoms with Crippen molar-refractivity contribution < 1.29 is 20.1 Å². The van der Waals surface area contributed by atoms with E-state index in [1.54, 1.807) is 13.0 Å². The first-order valence-corrected chi connectivity index (χ1v) is 7.77. The number of nitrogens with zero attached hydrogens (tertiary/aromatic N) is 4. The Bertz CT molecular complexity index is 748. The van der Waals surface area contributed by atoms with E-state index < -0.39 is 31.1 Å². The van der Waals surface area contributed by atoms with Gasteiger partial charge in [0.2, 0.25) is 0 Å². The molecule has 0 spiro atoms. The van der Waals surface area contributed by atoms with Crippen LogP contribution in [0.2, 0.25) is 0 Å². The largest absolute Gasteiger partial charge is 0.394 e. The molecule has 0 unspecified atom stereocenters. The maximum atomic E-state index is 10.1. The van der Waals surface area contributed by atoms with Gasteiger partial charge in [0.15, 0.2) is 23.2 Å². The number of rotatable bonds is 5. The van der Waals surface area contributed by atoms with Gasteiger partial charge in [0.25, 0.3) is 0 Å². The van der Waals surface area contributed by atoms with E-state index in [0.717, 1.165) is 0 Å². The Kier molecular flexibility index (Phi) is 4.97. The van der Waals surface area contributed by atoms with Crippen LogP contribution in [0.25, 0.3) is 11.2 Å². The number of imidazole rings is 1. The van der Waals surface area contributed by atoms with Gasteiger partial charge in [0.05, 0.1) is 12.9 Å². The van der Waals surface area contributed by atoms with Crippen LogP contribution in [0.5, 0.6) is 0 Å². The minimum Gasteiger partial charge on any atom is -0.394 e. The molecule has 4 N–H and O–H groups in total. The van der Waals surface area contributed by atoms with Crippen LogP contribution in [0, 0.1) is 0 Å². The highest BCUT2D eigenvalue weighted by molar-refractivity contribution is 6.29. The summed E-state index contributed by atoms with van der Waals surface area (Å²) in [6.45, 7) is 1.85. The number of allylic oxidation sites excluding steroid dienone is 1. The van der Waals surface area contributed by atoms with Gasteiger partial charge in [0, 0.05) is 11.6 Å². The summed E-state index contributed by atoms with van der Waals surface area (Å²) in [5, 5.41) is 33.0. The number of aliphatic hydroxyl groups excluding tert-OH is 3. The lowest BCUT2D eigenvalue weighted by Crippen LogP contribution is -2.33. The number of hydrogen-bond acceptors (Lipinski definition) is 8. The lowest BCUT2D eigenvalue weighted by Gasteiger charge is -2.16. The number of anilines is 1. The Morgan fingerprint density at radius 3 is 2.83 bits per heavy atom. The highest BCUT2D eigenvalue weighted by Gasteiger charge is 2.43. The van der Waals surface area contributed by atoms with E-state index in [0.29, 0.717) is 28.6 Å². The van der Waals surface area contributed by atoms with Gasteiger partial charge in [0.1, 0.15) is 24.6 Å². The first-order chi connectivity index (χ1) is 11.5. The molecule has 0 radical (unpaired) electrons. The molecule has 10 heteroatoms. The zero-order valence-corrected chi connectivity index (χ0v) is 13.6. The van der Waals surface area contributed by atoms with Crippen molar-refractivity contribution in [1.82, 2.24) is 19.5 Å². The summed E-state index contributed by atoms with van der Waals surface area (Å²) >= 11 is 5.79. The number of ether oxygens (including phenoxy) is 1. The molecule has 0 aromatic carbocycles. The van der Waals surface area contributed by atoms with Crippen molar-refractivity contribution in [2.45, 2.75) is 31.5 Å². The number of aromatic nitrogens is 4. The third kappa shape index (κ3) is 3.08. The minimum absolute atomic E-state index is 0.396. The van der Waals surface area contributed by atoms with E-state index in [1.165, 1.54) is 17.2 Å². The molecular formula is C14H18ClN5O4. The summed E-state index contributed by atoms with van der Waals surface area (Å²) < 4.78 is 7.01. The predicted molar refractivity (Wildman–Crippen MR) is 86.4 cm³/mol. The smallest absolute Gasteiger partial charge is 0.167 e. The molecule has 3 rings (SSSR count). The van der Waals surface area contributed by atoms with Crippen molar-refractivity contribution in [3.8, 4) is 0 Å². The zero-order chi connectivity index (χ0) is 17.3. The Balaban J connectivity index is 1.90. The second-order valence-electron chi connectivity index (χ2n) is 5.45. The standard InChI is InChI=1S/C14H18ClN5O4/c1-7(15)2-3-16-12-9-13(18-5-17-12)20(6-19-9)14-11(23)10(22)8(4-21)24-14/h2,5-6,8,10-11,14,21-23H,3-4H2,1H3,(H,16,17,18)/b7-2+/t8-,10+,11+,14+/m0/s1. The molecular weight excluding hydrogens is 338 g/mol. The molecule has 0 amide bonds. The summed E-state index contributed by atoms with van der Waals surface area (Å²) in [7, 11) is 0. The normalized spacial score (nSPS) is 27.8. The monoisotopic (exact) mass is 355 g/mol. The minimum atomic E-state index is -1.20. The number of nitrogens with one attached hydrogen (secondary N) is 1. The Hall–Kier alpha value is -1.78. The molecule has 4 atom stereocenters. The molecule has 2 aromatic rings. The molecule has 0 saturated carbocycles. The van der Waals surface area contributed by atoms with E-state index in [1.807, 2.05) is 0 Å². The van der Waals surface area contributed by atoms with Crippen LogP contribution in [-0.4, -0.2) is 66.3 Å². The molecule has 9 nitrogen and oxygen atoms in total. The third-order valence-electron chi connectivity index (χ3n) is 3.80. The van der Waals surface area contributed by atoms with Gasteiger partial charge in [-0.2, -0.15) is 0 Å². The maximum absolute atomic E-state index is 10.1. The van der Waals surface area contributed by atoms with Crippen molar-refractivity contribution in [3.63, 3.8) is 0 Å². The molecule has 24 heavy (non-hydrogen) atoms.